The van der Waals surface area contributed by atoms with Crippen molar-refractivity contribution in [2.75, 3.05) is 5.32 Å². The van der Waals surface area contributed by atoms with Crippen molar-refractivity contribution < 1.29 is 14.7 Å². The number of nitrogens with one attached hydrogen (secondary N) is 2. The molecule has 0 aliphatic heterocycles. The minimum Gasteiger partial charge on any atom is -0.480 e. The smallest absolute Gasteiger partial charge is 0.329 e. The number of anilines is 1. The Morgan fingerprint density at radius 2 is 2.10 bits per heavy atom. The molecule has 1 saturated carbocycles. The van der Waals surface area contributed by atoms with E-state index in [1.807, 2.05) is 6.07 Å². The number of hydrogen-bond donors (Lipinski definition) is 3. The van der Waals surface area contributed by atoms with Crippen LogP contribution in [0.1, 0.15) is 24.8 Å². The molecule has 2 amide bonds. The van der Waals surface area contributed by atoms with Gasteiger partial charge in [-0.3, -0.25) is 0 Å². The van der Waals surface area contributed by atoms with E-state index in [1.165, 1.54) is 18.2 Å². The fourth-order valence-corrected chi connectivity index (χ4v) is 2.18. The zero-order chi connectivity index (χ0) is 14.8. The number of halogens is 1. The highest BCUT2D eigenvalue weighted by molar-refractivity contribution is 6.31. The van der Waals surface area contributed by atoms with Crippen LogP contribution in [-0.4, -0.2) is 22.6 Å². The standard InChI is InChI=1S/C13H12ClN3O3/c14-9-3-2-8(7-15)10(6-9)16-12(20)17-13(11(18)19)4-1-5-13/h2-3,6H,1,4-5H2,(H,18,19)(H2,16,17,20). The highest BCUT2D eigenvalue weighted by Gasteiger charge is 2.45. The van der Waals surface area contributed by atoms with E-state index in [9.17, 15) is 9.59 Å². The topological polar surface area (TPSA) is 102 Å². The first kappa shape index (κ1) is 14.2. The molecule has 0 bridgehead atoms. The maximum absolute atomic E-state index is 11.9. The predicted octanol–water partition coefficient (Wildman–Crippen LogP) is 2.34. The number of carboxylic acids is 1. The summed E-state index contributed by atoms with van der Waals surface area (Å²) in [5.41, 5.74) is -0.699. The summed E-state index contributed by atoms with van der Waals surface area (Å²) in [4.78, 5) is 23.0. The molecule has 1 aliphatic rings. The van der Waals surface area contributed by atoms with Gasteiger partial charge in [-0.15, -0.1) is 0 Å². The van der Waals surface area contributed by atoms with Crippen LogP contribution in [0.4, 0.5) is 10.5 Å². The second-order valence-electron chi connectivity index (χ2n) is 4.62. The third-order valence-corrected chi connectivity index (χ3v) is 3.55. The van der Waals surface area contributed by atoms with Crippen molar-refractivity contribution in [3.05, 3.63) is 28.8 Å². The van der Waals surface area contributed by atoms with Gasteiger partial charge >= 0.3 is 12.0 Å². The number of aliphatic carboxylic acids is 1. The Morgan fingerprint density at radius 3 is 2.60 bits per heavy atom. The summed E-state index contributed by atoms with van der Waals surface area (Å²) in [5.74, 6) is -1.05. The number of carboxylic acid groups (broad SMARTS) is 1. The van der Waals surface area contributed by atoms with Gasteiger partial charge in [-0.1, -0.05) is 11.6 Å². The molecule has 20 heavy (non-hydrogen) atoms. The fourth-order valence-electron chi connectivity index (χ4n) is 2.01. The molecule has 0 saturated heterocycles. The summed E-state index contributed by atoms with van der Waals surface area (Å²) in [6.45, 7) is 0. The van der Waals surface area contributed by atoms with E-state index in [2.05, 4.69) is 10.6 Å². The number of carbonyl (C=O) groups is 2. The number of carbonyl (C=O) groups excluding carboxylic acids is 1. The number of hydrogen-bond acceptors (Lipinski definition) is 3. The Morgan fingerprint density at radius 1 is 1.40 bits per heavy atom. The van der Waals surface area contributed by atoms with Gasteiger partial charge in [-0.25, -0.2) is 9.59 Å². The average Bonchev–Trinajstić information content (AvgIpc) is 2.33. The Kier molecular flexibility index (Phi) is 3.81. The van der Waals surface area contributed by atoms with E-state index < -0.39 is 17.5 Å². The molecule has 1 fully saturated rings. The van der Waals surface area contributed by atoms with E-state index in [0.29, 0.717) is 17.9 Å². The lowest BCUT2D eigenvalue weighted by atomic mass is 9.77. The molecule has 104 valence electrons. The zero-order valence-electron chi connectivity index (χ0n) is 10.4. The van der Waals surface area contributed by atoms with Crippen LogP contribution in [0.25, 0.3) is 0 Å². The van der Waals surface area contributed by atoms with Gasteiger partial charge in [-0.2, -0.15) is 5.26 Å². The van der Waals surface area contributed by atoms with Crippen molar-refractivity contribution in [2.24, 2.45) is 0 Å². The number of amides is 2. The zero-order valence-corrected chi connectivity index (χ0v) is 11.2. The molecular formula is C13H12ClN3O3. The molecule has 6 nitrogen and oxygen atoms in total. The highest BCUT2D eigenvalue weighted by atomic mass is 35.5. The lowest BCUT2D eigenvalue weighted by Crippen LogP contribution is -2.60. The first-order valence-corrected chi connectivity index (χ1v) is 6.37. The lowest BCUT2D eigenvalue weighted by Gasteiger charge is -2.38. The van der Waals surface area contributed by atoms with Gasteiger partial charge in [0.1, 0.15) is 11.6 Å². The maximum atomic E-state index is 11.9. The molecule has 7 heteroatoms. The second-order valence-corrected chi connectivity index (χ2v) is 5.06. The molecule has 0 unspecified atom stereocenters. The molecule has 3 N–H and O–H groups in total. The van der Waals surface area contributed by atoms with Gasteiger partial charge in [0.25, 0.3) is 0 Å². The lowest BCUT2D eigenvalue weighted by molar-refractivity contribution is -0.148. The number of nitriles is 1. The maximum Gasteiger partial charge on any atom is 0.329 e. The molecule has 1 aromatic carbocycles. The molecule has 1 aliphatic carbocycles. The van der Waals surface area contributed by atoms with Crippen molar-refractivity contribution >= 4 is 29.3 Å². The molecule has 0 radical (unpaired) electrons. The number of benzene rings is 1. The van der Waals surface area contributed by atoms with E-state index in [0.717, 1.165) is 6.42 Å². The Balaban J connectivity index is 2.11. The third-order valence-electron chi connectivity index (χ3n) is 3.32. The Bertz CT molecular complexity index is 605. The van der Waals surface area contributed by atoms with E-state index >= 15 is 0 Å². The summed E-state index contributed by atoms with van der Waals surface area (Å²) in [5, 5.41) is 23.3. The molecule has 0 atom stereocenters. The van der Waals surface area contributed by atoms with Gasteiger partial charge in [0.2, 0.25) is 0 Å². The third kappa shape index (κ3) is 2.68. The monoisotopic (exact) mass is 293 g/mol. The number of nitrogens with zero attached hydrogens (tertiary/aromatic N) is 1. The van der Waals surface area contributed by atoms with Crippen LogP contribution in [0.5, 0.6) is 0 Å². The summed E-state index contributed by atoms with van der Waals surface area (Å²) in [6, 6.07) is 5.72. The Labute approximate surface area is 120 Å². The normalized spacial score (nSPS) is 15.6. The average molecular weight is 294 g/mol. The molecule has 0 aromatic heterocycles. The van der Waals surface area contributed by atoms with Crippen molar-refractivity contribution in [1.82, 2.24) is 5.32 Å². The van der Waals surface area contributed by atoms with Crippen LogP contribution in [0.2, 0.25) is 5.02 Å². The second kappa shape index (κ2) is 5.39. The molecule has 2 rings (SSSR count). The van der Waals surface area contributed by atoms with Gasteiger partial charge in [0.15, 0.2) is 0 Å². The summed E-state index contributed by atoms with van der Waals surface area (Å²) >= 11 is 5.80. The van der Waals surface area contributed by atoms with E-state index in [1.54, 1.807) is 0 Å². The minimum absolute atomic E-state index is 0.248. The molecular weight excluding hydrogens is 282 g/mol. The summed E-state index contributed by atoms with van der Waals surface area (Å²) in [7, 11) is 0. The minimum atomic E-state index is -1.20. The predicted molar refractivity (Wildman–Crippen MR) is 72.5 cm³/mol. The summed E-state index contributed by atoms with van der Waals surface area (Å²) < 4.78 is 0. The van der Waals surface area contributed by atoms with Gasteiger partial charge in [0, 0.05) is 5.02 Å². The van der Waals surface area contributed by atoms with Crippen molar-refractivity contribution in [3.63, 3.8) is 0 Å². The van der Waals surface area contributed by atoms with E-state index in [4.69, 9.17) is 22.0 Å². The highest BCUT2D eigenvalue weighted by Crippen LogP contribution is 2.32. The number of urea groups is 1. The first-order chi connectivity index (χ1) is 9.47. The van der Waals surface area contributed by atoms with Gasteiger partial charge in [0.05, 0.1) is 11.3 Å². The largest absolute Gasteiger partial charge is 0.480 e. The van der Waals surface area contributed by atoms with Crippen LogP contribution in [0.15, 0.2) is 18.2 Å². The molecule has 1 aromatic rings. The Hall–Kier alpha value is -2.26. The molecule has 0 spiro atoms. The fraction of sp³-hybridized carbons (Fsp3) is 0.308. The van der Waals surface area contributed by atoms with Crippen molar-refractivity contribution in [1.29, 1.82) is 5.26 Å². The van der Waals surface area contributed by atoms with Crippen molar-refractivity contribution in [3.8, 4) is 6.07 Å². The van der Waals surface area contributed by atoms with Crippen LogP contribution in [0, 0.1) is 11.3 Å². The van der Waals surface area contributed by atoms with Gasteiger partial charge in [-0.05, 0) is 37.5 Å². The van der Waals surface area contributed by atoms with E-state index in [-0.39, 0.29) is 11.3 Å². The SMILES string of the molecule is N#Cc1ccc(Cl)cc1NC(=O)NC1(C(=O)O)CCC1. The molecule has 0 heterocycles. The number of rotatable bonds is 3. The van der Waals surface area contributed by atoms with Crippen LogP contribution in [0.3, 0.4) is 0 Å². The first-order valence-electron chi connectivity index (χ1n) is 5.99. The van der Waals surface area contributed by atoms with Crippen LogP contribution in [-0.2, 0) is 4.79 Å². The van der Waals surface area contributed by atoms with Crippen LogP contribution >= 0.6 is 11.6 Å². The van der Waals surface area contributed by atoms with Gasteiger partial charge < -0.3 is 15.7 Å². The van der Waals surface area contributed by atoms with Crippen molar-refractivity contribution in [2.45, 2.75) is 24.8 Å². The summed E-state index contributed by atoms with van der Waals surface area (Å²) in [6.07, 6.45) is 1.56. The quantitative estimate of drug-likeness (QED) is 0.796. The van der Waals surface area contributed by atoms with Crippen LogP contribution < -0.4 is 10.6 Å².